The van der Waals surface area contributed by atoms with Gasteiger partial charge in [0, 0.05) is 18.4 Å². The van der Waals surface area contributed by atoms with Gasteiger partial charge in [-0.25, -0.2) is 4.79 Å². The number of allylic oxidation sites excluding steroid dienone is 2. The monoisotopic (exact) mass is 382 g/mol. The molecule has 0 aromatic rings. The SMILES string of the molecule is COC(=O)C1=N[N+](C)(C)C2=C1C(=O)C(SCCOCCN(C)C)=CC2=O. The van der Waals surface area contributed by atoms with Crippen LogP contribution in [0.15, 0.2) is 27.4 Å². The van der Waals surface area contributed by atoms with E-state index in [1.807, 2.05) is 19.0 Å². The Kier molecular flexibility index (Phi) is 6.51. The number of quaternary nitrogens is 1. The Morgan fingerprint density at radius 3 is 2.58 bits per heavy atom. The van der Waals surface area contributed by atoms with Crippen LogP contribution < -0.4 is 0 Å². The fourth-order valence-corrected chi connectivity index (χ4v) is 3.47. The second-order valence-electron chi connectivity index (χ2n) is 6.52. The zero-order valence-electron chi connectivity index (χ0n) is 15.7. The highest BCUT2D eigenvalue weighted by atomic mass is 32.2. The van der Waals surface area contributed by atoms with E-state index < -0.39 is 5.97 Å². The van der Waals surface area contributed by atoms with Crippen LogP contribution in [0.1, 0.15) is 0 Å². The molecule has 0 N–H and O–H groups in total. The molecular weight excluding hydrogens is 358 g/mol. The molecule has 1 heterocycles. The van der Waals surface area contributed by atoms with E-state index in [2.05, 4.69) is 5.10 Å². The summed E-state index contributed by atoms with van der Waals surface area (Å²) in [6, 6.07) is 0. The summed E-state index contributed by atoms with van der Waals surface area (Å²) in [6.07, 6.45) is 1.32. The highest BCUT2D eigenvalue weighted by molar-refractivity contribution is 8.04. The number of hydrogen-bond acceptors (Lipinski definition) is 8. The number of rotatable bonds is 8. The second-order valence-corrected chi connectivity index (χ2v) is 7.66. The third kappa shape index (κ3) is 4.29. The molecule has 2 rings (SSSR count). The lowest BCUT2D eigenvalue weighted by Gasteiger charge is -2.21. The Balaban J connectivity index is 2.07. The van der Waals surface area contributed by atoms with Crippen LogP contribution >= 0.6 is 11.8 Å². The molecule has 1 aliphatic heterocycles. The first-order chi connectivity index (χ1) is 12.2. The number of carbonyl (C=O) groups is 3. The van der Waals surface area contributed by atoms with Crippen molar-refractivity contribution in [1.82, 2.24) is 4.90 Å². The maximum absolute atomic E-state index is 12.8. The Morgan fingerprint density at radius 1 is 1.27 bits per heavy atom. The summed E-state index contributed by atoms with van der Waals surface area (Å²) >= 11 is 1.24. The van der Waals surface area contributed by atoms with Crippen LogP contribution in [0.5, 0.6) is 0 Å². The normalized spacial score (nSPS) is 18.8. The fraction of sp³-hybridized carbons (Fsp3) is 0.529. The number of methoxy groups -OCH3 is 1. The maximum Gasteiger partial charge on any atom is 0.363 e. The predicted molar refractivity (Wildman–Crippen MR) is 98.5 cm³/mol. The highest BCUT2D eigenvalue weighted by Crippen LogP contribution is 2.35. The molecule has 0 bridgehead atoms. The van der Waals surface area contributed by atoms with Gasteiger partial charge in [-0.2, -0.15) is 4.59 Å². The minimum Gasteiger partial charge on any atom is -0.464 e. The largest absolute Gasteiger partial charge is 0.464 e. The van der Waals surface area contributed by atoms with Crippen LogP contribution in [-0.2, 0) is 23.9 Å². The topological polar surface area (TPSA) is 85.3 Å². The summed E-state index contributed by atoms with van der Waals surface area (Å²) < 4.78 is 10.0. The third-order valence-electron chi connectivity index (χ3n) is 3.86. The molecule has 0 fully saturated rings. The molecule has 0 saturated heterocycles. The number of nitrogens with zero attached hydrogens (tertiary/aromatic N) is 3. The molecule has 2 aliphatic rings. The fourth-order valence-electron chi connectivity index (χ4n) is 2.63. The van der Waals surface area contributed by atoms with Crippen molar-refractivity contribution in [3.63, 3.8) is 0 Å². The second kappa shape index (κ2) is 8.26. The summed E-state index contributed by atoms with van der Waals surface area (Å²) in [5, 5.41) is 4.20. The Bertz CT molecular complexity index is 722. The van der Waals surface area contributed by atoms with Crippen molar-refractivity contribution in [3.8, 4) is 0 Å². The zero-order valence-corrected chi connectivity index (χ0v) is 16.5. The Morgan fingerprint density at radius 2 is 1.96 bits per heavy atom. The van der Waals surface area contributed by atoms with Gasteiger partial charge in [-0.15, -0.1) is 11.8 Å². The number of carbonyl (C=O) groups excluding carboxylic acids is 3. The van der Waals surface area contributed by atoms with Crippen LogP contribution in [0.25, 0.3) is 0 Å². The molecular formula is C17H24N3O5S+. The number of ether oxygens (including phenoxy) is 2. The van der Waals surface area contributed by atoms with Gasteiger partial charge in [-0.05, 0) is 14.1 Å². The molecule has 26 heavy (non-hydrogen) atoms. The van der Waals surface area contributed by atoms with E-state index in [4.69, 9.17) is 9.47 Å². The molecule has 0 unspecified atom stereocenters. The molecule has 0 saturated carbocycles. The lowest BCUT2D eigenvalue weighted by atomic mass is 9.96. The molecule has 0 amide bonds. The van der Waals surface area contributed by atoms with Crippen molar-refractivity contribution in [3.05, 3.63) is 22.3 Å². The standard InChI is InChI=1S/C17H24N3O5S/c1-19(2)6-7-25-8-9-26-12-10-11(21)15-13(16(12)22)14(17(23)24-5)18-20(15,3)4/h10H,6-9H2,1-5H3/q+1. The number of ketones is 2. The zero-order chi connectivity index (χ0) is 19.5. The molecule has 0 radical (unpaired) electrons. The van der Waals surface area contributed by atoms with Gasteiger partial charge >= 0.3 is 5.97 Å². The number of likely N-dealkylation sites (N-methyl/N-ethyl adjacent to an activating group) is 2. The lowest BCUT2D eigenvalue weighted by Crippen LogP contribution is -2.36. The molecule has 0 aromatic heterocycles. The summed E-state index contributed by atoms with van der Waals surface area (Å²) in [5.41, 5.74) is 0.145. The van der Waals surface area contributed by atoms with Gasteiger partial charge in [0.25, 0.3) is 0 Å². The van der Waals surface area contributed by atoms with Crippen LogP contribution in [0.4, 0.5) is 0 Å². The first-order valence-electron chi connectivity index (χ1n) is 8.12. The van der Waals surface area contributed by atoms with Crippen LogP contribution in [0, 0.1) is 0 Å². The number of esters is 1. The van der Waals surface area contributed by atoms with Gasteiger partial charge in [0.1, 0.15) is 5.57 Å². The van der Waals surface area contributed by atoms with Gasteiger partial charge in [0.2, 0.25) is 23.0 Å². The third-order valence-corrected chi connectivity index (χ3v) is 4.85. The number of thioether (sulfide) groups is 1. The quantitative estimate of drug-likeness (QED) is 0.257. The Hall–Kier alpha value is -1.81. The molecule has 9 heteroatoms. The van der Waals surface area contributed by atoms with Crippen molar-refractivity contribution in [1.29, 1.82) is 0 Å². The van der Waals surface area contributed by atoms with Crippen molar-refractivity contribution >= 4 is 35.0 Å². The molecule has 0 aromatic carbocycles. The first-order valence-corrected chi connectivity index (χ1v) is 9.11. The van der Waals surface area contributed by atoms with Crippen molar-refractivity contribution < 1.29 is 28.4 Å². The first kappa shape index (κ1) is 20.5. The minimum absolute atomic E-state index is 0.0466. The van der Waals surface area contributed by atoms with Gasteiger partial charge < -0.3 is 14.4 Å². The molecule has 142 valence electrons. The molecule has 0 atom stereocenters. The Labute approximate surface area is 157 Å². The van der Waals surface area contributed by atoms with Crippen LogP contribution in [-0.4, -0.2) is 93.6 Å². The smallest absolute Gasteiger partial charge is 0.363 e. The summed E-state index contributed by atoms with van der Waals surface area (Å²) in [6.45, 7) is 1.87. The average molecular weight is 382 g/mol. The van der Waals surface area contributed by atoms with E-state index >= 15 is 0 Å². The predicted octanol–water partition coefficient (Wildman–Crippen LogP) is 0.207. The van der Waals surface area contributed by atoms with E-state index in [1.54, 1.807) is 14.1 Å². The van der Waals surface area contributed by atoms with E-state index in [9.17, 15) is 14.4 Å². The summed E-state index contributed by atoms with van der Waals surface area (Å²) in [5.74, 6) is -0.876. The average Bonchev–Trinajstić information content (AvgIpc) is 2.86. The van der Waals surface area contributed by atoms with Crippen molar-refractivity contribution in [2.24, 2.45) is 5.10 Å². The van der Waals surface area contributed by atoms with Gasteiger partial charge in [0.05, 0.1) is 39.3 Å². The molecule has 8 nitrogen and oxygen atoms in total. The van der Waals surface area contributed by atoms with Crippen LogP contribution in [0.2, 0.25) is 0 Å². The van der Waals surface area contributed by atoms with E-state index in [0.29, 0.717) is 23.9 Å². The van der Waals surface area contributed by atoms with Crippen molar-refractivity contribution in [2.75, 3.05) is 60.8 Å². The molecule has 0 spiro atoms. The van der Waals surface area contributed by atoms with Gasteiger partial charge in [0.15, 0.2) is 0 Å². The lowest BCUT2D eigenvalue weighted by molar-refractivity contribution is -0.851. The maximum atomic E-state index is 12.8. The van der Waals surface area contributed by atoms with E-state index in [0.717, 1.165) is 6.54 Å². The number of Topliss-reactive ketones (excluding diaryl/α,β-unsaturated/α-hetero) is 1. The minimum atomic E-state index is -0.722. The molecule has 1 aliphatic carbocycles. The summed E-state index contributed by atoms with van der Waals surface area (Å²) in [4.78, 5) is 39.7. The van der Waals surface area contributed by atoms with Crippen LogP contribution in [0.3, 0.4) is 0 Å². The van der Waals surface area contributed by atoms with E-state index in [1.165, 1.54) is 24.9 Å². The van der Waals surface area contributed by atoms with E-state index in [-0.39, 0.29) is 33.1 Å². The highest BCUT2D eigenvalue weighted by Gasteiger charge is 2.49. The van der Waals surface area contributed by atoms with Crippen molar-refractivity contribution in [2.45, 2.75) is 0 Å². The van der Waals surface area contributed by atoms with Gasteiger partial charge in [-0.1, -0.05) is 5.10 Å². The number of hydrogen-bond donors (Lipinski definition) is 0. The summed E-state index contributed by atoms with van der Waals surface area (Å²) in [7, 11) is 8.42. The van der Waals surface area contributed by atoms with Gasteiger partial charge in [-0.3, -0.25) is 9.59 Å².